The number of aliphatic carboxylic acids is 1. The molecule has 0 saturated carbocycles. The molecule has 170 valence electrons. The van der Waals surface area contributed by atoms with E-state index < -0.39 is 11.9 Å². The molecule has 32 heavy (non-hydrogen) atoms. The number of hydrogen-bond donors (Lipinski definition) is 2. The molecule has 1 fully saturated rings. The normalized spacial score (nSPS) is 22.2. The summed E-state index contributed by atoms with van der Waals surface area (Å²) < 4.78 is 6.11. The van der Waals surface area contributed by atoms with Gasteiger partial charge in [0, 0.05) is 6.54 Å². The summed E-state index contributed by atoms with van der Waals surface area (Å²) in [4.78, 5) is 26.0. The summed E-state index contributed by atoms with van der Waals surface area (Å²) in [5, 5.41) is 9.22. The van der Waals surface area contributed by atoms with Crippen LogP contribution in [0.1, 0.15) is 36.0 Å². The third-order valence-electron chi connectivity index (χ3n) is 6.73. The van der Waals surface area contributed by atoms with Gasteiger partial charge in [-0.25, -0.2) is 0 Å². The van der Waals surface area contributed by atoms with Crippen molar-refractivity contribution in [3.63, 3.8) is 0 Å². The van der Waals surface area contributed by atoms with Gasteiger partial charge in [0.2, 0.25) is 5.91 Å². The zero-order valence-electron chi connectivity index (χ0n) is 18.4. The lowest BCUT2D eigenvalue weighted by Gasteiger charge is -2.25. The Kier molecular flexibility index (Phi) is 7.10. The van der Waals surface area contributed by atoms with E-state index in [9.17, 15) is 14.7 Å². The van der Waals surface area contributed by atoms with Crippen LogP contribution in [0.2, 0.25) is 0 Å². The van der Waals surface area contributed by atoms with Crippen LogP contribution < -0.4 is 10.5 Å². The molecule has 1 aliphatic carbocycles. The summed E-state index contributed by atoms with van der Waals surface area (Å²) in [5.41, 5.74) is 9.71. The first kappa shape index (κ1) is 22.3. The Morgan fingerprint density at radius 2 is 1.91 bits per heavy atom. The van der Waals surface area contributed by atoms with E-state index in [-0.39, 0.29) is 18.4 Å². The van der Waals surface area contributed by atoms with Gasteiger partial charge < -0.3 is 20.5 Å². The lowest BCUT2D eigenvalue weighted by Crippen LogP contribution is -2.38. The first-order valence-corrected chi connectivity index (χ1v) is 11.5. The van der Waals surface area contributed by atoms with E-state index in [1.54, 1.807) is 0 Å². The topological polar surface area (TPSA) is 92.9 Å². The lowest BCUT2D eigenvalue weighted by molar-refractivity contribution is -0.142. The first-order chi connectivity index (χ1) is 15.5. The van der Waals surface area contributed by atoms with Crippen molar-refractivity contribution < 1.29 is 19.4 Å². The van der Waals surface area contributed by atoms with Gasteiger partial charge in [-0.15, -0.1) is 0 Å². The quantitative estimate of drug-likeness (QED) is 0.597. The van der Waals surface area contributed by atoms with E-state index in [4.69, 9.17) is 10.5 Å². The molecule has 0 spiro atoms. The summed E-state index contributed by atoms with van der Waals surface area (Å²) in [7, 11) is 0. The van der Waals surface area contributed by atoms with Crippen molar-refractivity contribution in [2.24, 2.45) is 17.6 Å². The summed E-state index contributed by atoms with van der Waals surface area (Å²) in [5.74, 6) is -0.149. The Morgan fingerprint density at radius 1 is 1.12 bits per heavy atom. The van der Waals surface area contributed by atoms with Crippen molar-refractivity contribution in [1.82, 2.24) is 4.90 Å². The minimum atomic E-state index is -0.928. The molecule has 2 aromatic carbocycles. The second kappa shape index (κ2) is 10.2. The van der Waals surface area contributed by atoms with Gasteiger partial charge in [-0.05, 0) is 73.4 Å². The van der Waals surface area contributed by atoms with Gasteiger partial charge >= 0.3 is 5.97 Å². The zero-order valence-corrected chi connectivity index (χ0v) is 18.4. The summed E-state index contributed by atoms with van der Waals surface area (Å²) in [6, 6.07) is 16.3. The van der Waals surface area contributed by atoms with Crippen molar-refractivity contribution in [2.45, 2.75) is 44.6 Å². The molecule has 1 aliphatic heterocycles. The number of aryl methyl sites for hydroxylation is 1. The number of carbonyl (C=O) groups is 2. The van der Waals surface area contributed by atoms with Crippen LogP contribution in [0.25, 0.3) is 0 Å². The number of nitrogens with zero attached hydrogens (tertiary/aromatic N) is 1. The smallest absolute Gasteiger partial charge is 0.304 e. The molecule has 1 amide bonds. The molecule has 4 rings (SSSR count). The van der Waals surface area contributed by atoms with E-state index in [1.807, 2.05) is 29.2 Å². The number of carboxylic acids is 1. The maximum atomic E-state index is 12.9. The van der Waals surface area contributed by atoms with Crippen molar-refractivity contribution >= 4 is 11.9 Å². The second-order valence-electron chi connectivity index (χ2n) is 9.06. The highest BCUT2D eigenvalue weighted by Gasteiger charge is 2.40. The summed E-state index contributed by atoms with van der Waals surface area (Å²) >= 11 is 0. The van der Waals surface area contributed by atoms with Gasteiger partial charge in [0.25, 0.3) is 0 Å². The molecule has 6 heteroatoms. The molecular weight excluding hydrogens is 404 g/mol. The standard InChI is InChI=1S/C26H32N2O4/c27-16-19-11-20-8-9-24(14-21(20)12-19)32-17-23-13-22(15-25(29)30)26(31)28(23)10-4-7-18-5-2-1-3-6-18/h1-3,5-6,8-9,14,19,22-23H,4,7,10-13,15-17,27H2,(H,29,30)/t19?,22-,23-/m0/s1. The van der Waals surface area contributed by atoms with Crippen molar-refractivity contribution in [3.05, 3.63) is 65.2 Å². The lowest BCUT2D eigenvalue weighted by atomic mass is 10.0. The summed E-state index contributed by atoms with van der Waals surface area (Å²) in [6.07, 6.45) is 4.13. The number of hydrogen-bond acceptors (Lipinski definition) is 4. The monoisotopic (exact) mass is 436 g/mol. The van der Waals surface area contributed by atoms with Crippen LogP contribution in [-0.4, -0.2) is 47.6 Å². The van der Waals surface area contributed by atoms with E-state index in [0.29, 0.717) is 32.0 Å². The van der Waals surface area contributed by atoms with Gasteiger partial charge in [0.05, 0.1) is 18.4 Å². The van der Waals surface area contributed by atoms with Gasteiger partial charge in [0.1, 0.15) is 12.4 Å². The average molecular weight is 437 g/mol. The number of benzene rings is 2. The average Bonchev–Trinajstić information content (AvgIpc) is 3.33. The SMILES string of the molecule is NCC1Cc2ccc(OC[C@@H]3C[C@@H](CC(=O)O)C(=O)N3CCCc3ccccc3)cc2C1. The van der Waals surface area contributed by atoms with Crippen molar-refractivity contribution in [1.29, 1.82) is 0 Å². The molecule has 1 saturated heterocycles. The van der Waals surface area contributed by atoms with Crippen LogP contribution in [0.15, 0.2) is 48.5 Å². The van der Waals surface area contributed by atoms with Crippen LogP contribution >= 0.6 is 0 Å². The van der Waals surface area contributed by atoms with E-state index in [2.05, 4.69) is 24.3 Å². The highest BCUT2D eigenvalue weighted by atomic mass is 16.5. The molecule has 0 radical (unpaired) electrons. The van der Waals surface area contributed by atoms with Crippen LogP contribution in [0, 0.1) is 11.8 Å². The predicted molar refractivity (Wildman–Crippen MR) is 123 cm³/mol. The van der Waals surface area contributed by atoms with Gasteiger partial charge in [0.15, 0.2) is 0 Å². The molecule has 0 aromatic heterocycles. The Bertz CT molecular complexity index is 946. The number of nitrogens with two attached hydrogens (primary N) is 1. The Balaban J connectivity index is 1.38. The van der Waals surface area contributed by atoms with Crippen molar-refractivity contribution in [2.75, 3.05) is 19.7 Å². The third kappa shape index (κ3) is 5.30. The number of fused-ring (bicyclic) bond motifs is 1. The first-order valence-electron chi connectivity index (χ1n) is 11.5. The largest absolute Gasteiger partial charge is 0.491 e. The maximum Gasteiger partial charge on any atom is 0.304 e. The molecule has 3 N–H and O–H groups in total. The fourth-order valence-corrected chi connectivity index (χ4v) is 5.04. The van der Waals surface area contributed by atoms with Crippen LogP contribution in [0.4, 0.5) is 0 Å². The molecule has 3 atom stereocenters. The Hall–Kier alpha value is -2.86. The minimum Gasteiger partial charge on any atom is -0.491 e. The van der Waals surface area contributed by atoms with Crippen LogP contribution in [0.5, 0.6) is 5.75 Å². The number of amides is 1. The molecule has 1 heterocycles. The third-order valence-corrected chi connectivity index (χ3v) is 6.73. The van der Waals surface area contributed by atoms with Gasteiger partial charge in [-0.1, -0.05) is 36.4 Å². The number of carbonyl (C=O) groups excluding carboxylic acids is 1. The fraction of sp³-hybridized carbons (Fsp3) is 0.462. The number of likely N-dealkylation sites (tertiary alicyclic amines) is 1. The minimum absolute atomic E-state index is 0.0613. The fourth-order valence-electron chi connectivity index (χ4n) is 5.04. The molecule has 1 unspecified atom stereocenters. The Morgan fingerprint density at radius 3 is 2.66 bits per heavy atom. The second-order valence-corrected chi connectivity index (χ2v) is 9.06. The molecule has 0 bridgehead atoms. The number of rotatable bonds is 10. The van der Waals surface area contributed by atoms with Crippen LogP contribution in [0.3, 0.4) is 0 Å². The zero-order chi connectivity index (χ0) is 22.5. The predicted octanol–water partition coefficient (Wildman–Crippen LogP) is 3.06. The Labute approximate surface area is 189 Å². The highest BCUT2D eigenvalue weighted by Crippen LogP contribution is 2.31. The highest BCUT2D eigenvalue weighted by molar-refractivity contribution is 5.85. The van der Waals surface area contributed by atoms with E-state index >= 15 is 0 Å². The molecular formula is C26H32N2O4. The summed E-state index contributed by atoms with van der Waals surface area (Å²) in [6.45, 7) is 1.69. The van der Waals surface area contributed by atoms with Crippen LogP contribution in [-0.2, 0) is 28.9 Å². The number of ether oxygens (including phenoxy) is 1. The number of carboxylic acid groups (broad SMARTS) is 1. The molecule has 2 aromatic rings. The molecule has 2 aliphatic rings. The van der Waals surface area contributed by atoms with E-state index in [0.717, 1.165) is 31.4 Å². The van der Waals surface area contributed by atoms with Crippen molar-refractivity contribution in [3.8, 4) is 5.75 Å². The van der Waals surface area contributed by atoms with E-state index in [1.165, 1.54) is 16.7 Å². The maximum absolute atomic E-state index is 12.9. The molecule has 6 nitrogen and oxygen atoms in total. The van der Waals surface area contributed by atoms with Gasteiger partial charge in [-0.2, -0.15) is 0 Å². The van der Waals surface area contributed by atoms with Gasteiger partial charge in [-0.3, -0.25) is 9.59 Å².